The fraction of sp³-hybridized carbons (Fsp3) is 0.455. The van der Waals surface area contributed by atoms with Gasteiger partial charge in [0.15, 0.2) is 0 Å². The van der Waals surface area contributed by atoms with Crippen molar-refractivity contribution in [3.63, 3.8) is 0 Å². The molecule has 2 nitrogen and oxygen atoms in total. The summed E-state index contributed by atoms with van der Waals surface area (Å²) in [5.74, 6) is -0.752. The molecule has 0 aliphatic rings. The molecular weight excluding hydrogens is 253 g/mol. The van der Waals surface area contributed by atoms with Crippen molar-refractivity contribution >= 4 is 9.84 Å². The van der Waals surface area contributed by atoms with Crippen LogP contribution in [0.15, 0.2) is 24.3 Å². The van der Waals surface area contributed by atoms with Crippen LogP contribution in [0.3, 0.4) is 0 Å². The molecule has 6 heteroatoms. The van der Waals surface area contributed by atoms with Crippen LogP contribution in [0.5, 0.6) is 0 Å². The molecule has 0 spiro atoms. The van der Waals surface area contributed by atoms with Crippen LogP contribution in [0.1, 0.15) is 30.9 Å². The normalized spacial score (nSPS) is 13.1. The monoisotopic (exact) mass is 266 g/mol. The van der Waals surface area contributed by atoms with Gasteiger partial charge in [0.25, 0.3) is 9.84 Å². The Balaban J connectivity index is 2.91. The second kappa shape index (κ2) is 4.68. The molecule has 17 heavy (non-hydrogen) atoms. The predicted octanol–water partition coefficient (Wildman–Crippen LogP) is 3.24. The van der Waals surface area contributed by atoms with E-state index in [0.29, 0.717) is 0 Å². The molecule has 0 aromatic heterocycles. The number of hydrogen-bond acceptors (Lipinski definition) is 2. The van der Waals surface area contributed by atoms with Crippen LogP contribution >= 0.6 is 0 Å². The van der Waals surface area contributed by atoms with Crippen molar-refractivity contribution in [1.29, 1.82) is 0 Å². The van der Waals surface area contributed by atoms with E-state index < -0.39 is 21.1 Å². The Hall–Kier alpha value is -1.04. The number of sulfone groups is 1. The molecule has 96 valence electrons. The fourth-order valence-electron chi connectivity index (χ4n) is 1.30. The lowest BCUT2D eigenvalue weighted by atomic mass is 10.0. The average Bonchev–Trinajstić information content (AvgIpc) is 2.16. The molecule has 0 N–H and O–H groups in total. The van der Waals surface area contributed by atoms with E-state index in [4.69, 9.17) is 0 Å². The van der Waals surface area contributed by atoms with Crippen LogP contribution < -0.4 is 0 Å². The van der Waals surface area contributed by atoms with Crippen LogP contribution in [0.4, 0.5) is 13.2 Å². The third-order valence-electron chi connectivity index (χ3n) is 2.36. The lowest BCUT2D eigenvalue weighted by Crippen LogP contribution is -2.24. The molecule has 0 saturated heterocycles. The maximum absolute atomic E-state index is 12.1. The zero-order valence-electron chi connectivity index (χ0n) is 9.45. The Labute approximate surface area is 98.4 Å². The summed E-state index contributed by atoms with van der Waals surface area (Å²) in [6.45, 7) is 3.89. The van der Waals surface area contributed by atoms with Gasteiger partial charge in [-0.25, -0.2) is 8.42 Å². The highest BCUT2D eigenvalue weighted by atomic mass is 32.2. The first kappa shape index (κ1) is 14.0. The summed E-state index contributed by atoms with van der Waals surface area (Å²) in [6.07, 6.45) is 0. The molecule has 0 radical (unpaired) electrons. The lowest BCUT2D eigenvalue weighted by molar-refractivity contribution is -0.0437. The van der Waals surface area contributed by atoms with Crippen molar-refractivity contribution in [2.75, 3.05) is 0 Å². The van der Waals surface area contributed by atoms with Crippen molar-refractivity contribution in [2.24, 2.45) is 0 Å². The van der Waals surface area contributed by atoms with E-state index in [9.17, 15) is 21.6 Å². The minimum absolute atomic E-state index is 0.145. The number of halogens is 3. The van der Waals surface area contributed by atoms with Crippen molar-refractivity contribution in [2.45, 2.75) is 31.0 Å². The standard InChI is InChI=1S/C11H13F3O2S/c1-8(2)10-5-3-9(4-6-10)7-17(15,16)11(12,13)14/h3-6,8H,7H2,1-2H3. The highest BCUT2D eigenvalue weighted by molar-refractivity contribution is 7.91. The van der Waals surface area contributed by atoms with Crippen LogP contribution in [-0.2, 0) is 15.6 Å². The van der Waals surface area contributed by atoms with Crippen LogP contribution in [0.2, 0.25) is 0 Å². The Morgan fingerprint density at radius 2 is 1.59 bits per heavy atom. The molecule has 0 bridgehead atoms. The van der Waals surface area contributed by atoms with Gasteiger partial charge in [0.2, 0.25) is 0 Å². The summed E-state index contributed by atoms with van der Waals surface area (Å²) in [5.41, 5.74) is -4.09. The summed E-state index contributed by atoms with van der Waals surface area (Å²) in [6, 6.07) is 6.12. The Morgan fingerprint density at radius 1 is 1.12 bits per heavy atom. The summed E-state index contributed by atoms with van der Waals surface area (Å²) in [5, 5.41) is 0. The van der Waals surface area contributed by atoms with Crippen molar-refractivity contribution in [1.82, 2.24) is 0 Å². The third kappa shape index (κ3) is 3.46. The zero-order valence-corrected chi connectivity index (χ0v) is 10.3. The smallest absolute Gasteiger partial charge is 0.219 e. The summed E-state index contributed by atoms with van der Waals surface area (Å²) >= 11 is 0. The van der Waals surface area contributed by atoms with E-state index in [1.807, 2.05) is 13.8 Å². The first-order valence-electron chi connectivity index (χ1n) is 5.01. The Bertz CT molecular complexity index is 472. The van der Waals surface area contributed by atoms with Crippen molar-refractivity contribution in [3.05, 3.63) is 35.4 Å². The van der Waals surface area contributed by atoms with Gasteiger partial charge in [-0.1, -0.05) is 38.1 Å². The molecule has 0 unspecified atom stereocenters. The Morgan fingerprint density at radius 3 is 1.94 bits per heavy atom. The van der Waals surface area contributed by atoms with Gasteiger partial charge in [-0.05, 0) is 17.0 Å². The van der Waals surface area contributed by atoms with Gasteiger partial charge in [0.1, 0.15) is 0 Å². The molecule has 0 saturated carbocycles. The quantitative estimate of drug-likeness (QED) is 0.841. The van der Waals surface area contributed by atoms with Gasteiger partial charge in [0, 0.05) is 0 Å². The maximum Gasteiger partial charge on any atom is 0.497 e. The van der Waals surface area contributed by atoms with E-state index in [1.165, 1.54) is 12.1 Å². The molecule has 0 aliphatic carbocycles. The Kier molecular flexibility index (Phi) is 3.86. The molecule has 1 aromatic rings. The number of alkyl halides is 3. The number of hydrogen-bond donors (Lipinski definition) is 0. The number of rotatable bonds is 3. The second-order valence-electron chi connectivity index (χ2n) is 4.10. The van der Waals surface area contributed by atoms with Gasteiger partial charge in [-0.3, -0.25) is 0 Å². The van der Waals surface area contributed by atoms with Gasteiger partial charge in [-0.2, -0.15) is 13.2 Å². The first-order chi connectivity index (χ1) is 7.63. The topological polar surface area (TPSA) is 34.1 Å². The highest BCUT2D eigenvalue weighted by Gasteiger charge is 2.45. The van der Waals surface area contributed by atoms with Crippen LogP contribution in [0.25, 0.3) is 0 Å². The summed E-state index contributed by atoms with van der Waals surface area (Å²) in [4.78, 5) is 0. The van der Waals surface area contributed by atoms with E-state index in [2.05, 4.69) is 0 Å². The molecule has 0 aliphatic heterocycles. The van der Waals surface area contributed by atoms with E-state index in [1.54, 1.807) is 12.1 Å². The summed E-state index contributed by atoms with van der Waals surface area (Å²) in [7, 11) is -5.08. The molecule has 1 rings (SSSR count). The second-order valence-corrected chi connectivity index (χ2v) is 6.08. The molecule has 0 atom stereocenters. The SMILES string of the molecule is CC(C)c1ccc(CS(=O)(=O)C(F)(F)F)cc1. The van der Waals surface area contributed by atoms with Crippen molar-refractivity contribution in [3.8, 4) is 0 Å². The molecule has 0 fully saturated rings. The third-order valence-corrected chi connectivity index (χ3v) is 3.77. The zero-order chi connectivity index (χ0) is 13.3. The predicted molar refractivity (Wildman–Crippen MR) is 59.2 cm³/mol. The highest BCUT2D eigenvalue weighted by Crippen LogP contribution is 2.27. The largest absolute Gasteiger partial charge is 0.497 e. The maximum atomic E-state index is 12.1. The van der Waals surface area contributed by atoms with Gasteiger partial charge in [-0.15, -0.1) is 0 Å². The minimum Gasteiger partial charge on any atom is -0.219 e. The fourth-order valence-corrected chi connectivity index (χ4v) is 2.09. The molecule has 0 amide bonds. The van der Waals surface area contributed by atoms with Crippen LogP contribution in [-0.4, -0.2) is 13.9 Å². The van der Waals surface area contributed by atoms with E-state index in [-0.39, 0.29) is 11.5 Å². The minimum atomic E-state index is -5.19. The van der Waals surface area contributed by atoms with Gasteiger partial charge >= 0.3 is 5.51 Å². The van der Waals surface area contributed by atoms with Gasteiger partial charge in [0.05, 0.1) is 5.75 Å². The lowest BCUT2D eigenvalue weighted by Gasteiger charge is -2.09. The van der Waals surface area contributed by atoms with E-state index in [0.717, 1.165) is 5.56 Å². The van der Waals surface area contributed by atoms with E-state index >= 15 is 0 Å². The average molecular weight is 266 g/mol. The first-order valence-corrected chi connectivity index (χ1v) is 6.66. The van der Waals surface area contributed by atoms with Crippen LogP contribution in [0, 0.1) is 0 Å². The molecular formula is C11H13F3O2S. The molecule has 0 heterocycles. The molecule has 1 aromatic carbocycles. The van der Waals surface area contributed by atoms with Gasteiger partial charge < -0.3 is 0 Å². The van der Waals surface area contributed by atoms with Crippen molar-refractivity contribution < 1.29 is 21.6 Å². The summed E-state index contributed by atoms with van der Waals surface area (Å²) < 4.78 is 58.2. The number of benzene rings is 1.